The molecule has 0 aromatic heterocycles. The summed E-state index contributed by atoms with van der Waals surface area (Å²) in [6.45, 7) is 1.46. The van der Waals surface area contributed by atoms with E-state index in [2.05, 4.69) is 0 Å². The van der Waals surface area contributed by atoms with Gasteiger partial charge in [0.25, 0.3) is 0 Å². The van der Waals surface area contributed by atoms with Gasteiger partial charge in [-0.15, -0.1) is 0 Å². The standard InChI is InChI=1S/C10H14N2O4/c1-2-7-5-10(11,9(13)14)6-8(7)3-4-12(15)16/h2-3H,4-6,11H2,1H3,(H,13,14)/b7-2-,8-3-. The molecule has 6 heteroatoms. The van der Waals surface area contributed by atoms with Crippen molar-refractivity contribution in [3.8, 4) is 0 Å². The summed E-state index contributed by atoms with van der Waals surface area (Å²) in [6.07, 6.45) is 3.56. The highest BCUT2D eigenvalue weighted by molar-refractivity contribution is 5.81. The Morgan fingerprint density at radius 2 is 2.19 bits per heavy atom. The van der Waals surface area contributed by atoms with E-state index in [0.717, 1.165) is 5.57 Å². The molecule has 0 aromatic carbocycles. The molecule has 1 fully saturated rings. The third-order valence-corrected chi connectivity index (χ3v) is 2.69. The van der Waals surface area contributed by atoms with E-state index in [0.29, 0.717) is 5.57 Å². The van der Waals surface area contributed by atoms with Crippen LogP contribution in [-0.2, 0) is 4.79 Å². The Hall–Kier alpha value is -1.69. The molecular formula is C10H14N2O4. The summed E-state index contributed by atoms with van der Waals surface area (Å²) in [5, 5.41) is 19.2. The molecule has 0 aliphatic heterocycles. The number of nitrogens with two attached hydrogens (primary N) is 1. The normalized spacial score (nSPS) is 29.9. The van der Waals surface area contributed by atoms with Crippen molar-refractivity contribution in [2.24, 2.45) is 5.73 Å². The molecule has 3 N–H and O–H groups in total. The molecule has 16 heavy (non-hydrogen) atoms. The van der Waals surface area contributed by atoms with Crippen molar-refractivity contribution >= 4 is 5.97 Å². The number of carbonyl (C=O) groups is 1. The monoisotopic (exact) mass is 226 g/mol. The van der Waals surface area contributed by atoms with Gasteiger partial charge in [-0.3, -0.25) is 14.9 Å². The largest absolute Gasteiger partial charge is 0.480 e. The molecular weight excluding hydrogens is 212 g/mol. The van der Waals surface area contributed by atoms with Gasteiger partial charge in [0.2, 0.25) is 6.54 Å². The number of allylic oxidation sites excluding steroid dienone is 1. The number of nitro groups is 1. The first-order chi connectivity index (χ1) is 7.39. The zero-order valence-electron chi connectivity index (χ0n) is 8.97. The SMILES string of the molecule is C/C=C1/CC(N)(C(=O)O)C/C1=C/C[N+](=O)[O-]. The molecule has 0 aromatic rings. The second kappa shape index (κ2) is 4.44. The van der Waals surface area contributed by atoms with Crippen LogP contribution in [0.3, 0.4) is 0 Å². The first-order valence-corrected chi connectivity index (χ1v) is 4.87. The van der Waals surface area contributed by atoms with Crippen molar-refractivity contribution in [1.82, 2.24) is 0 Å². The highest BCUT2D eigenvalue weighted by Gasteiger charge is 2.41. The summed E-state index contributed by atoms with van der Waals surface area (Å²) in [6, 6.07) is 0. The number of rotatable bonds is 3. The maximum absolute atomic E-state index is 11.0. The predicted molar refractivity (Wildman–Crippen MR) is 57.5 cm³/mol. The minimum absolute atomic E-state index is 0.149. The van der Waals surface area contributed by atoms with E-state index in [9.17, 15) is 14.9 Å². The van der Waals surface area contributed by atoms with Gasteiger partial charge in [-0.25, -0.2) is 0 Å². The van der Waals surface area contributed by atoms with Crippen molar-refractivity contribution in [2.45, 2.75) is 25.3 Å². The maximum Gasteiger partial charge on any atom is 0.324 e. The van der Waals surface area contributed by atoms with Gasteiger partial charge in [0.1, 0.15) is 5.54 Å². The average Bonchev–Trinajstić information content (AvgIpc) is 2.53. The molecule has 1 atom stereocenters. The molecule has 1 aliphatic carbocycles. The lowest BCUT2D eigenvalue weighted by Gasteiger charge is -2.15. The quantitative estimate of drug-likeness (QED) is 0.544. The van der Waals surface area contributed by atoms with E-state index in [-0.39, 0.29) is 19.4 Å². The lowest BCUT2D eigenvalue weighted by atomic mass is 9.99. The van der Waals surface area contributed by atoms with Crippen LogP contribution in [0.15, 0.2) is 23.3 Å². The Balaban J connectivity index is 2.92. The number of hydrogen-bond acceptors (Lipinski definition) is 4. The van der Waals surface area contributed by atoms with Gasteiger partial charge in [0.05, 0.1) is 0 Å². The lowest BCUT2D eigenvalue weighted by Crippen LogP contribution is -2.45. The molecule has 1 saturated carbocycles. The summed E-state index contributed by atoms with van der Waals surface area (Å²) in [5.41, 5.74) is 5.85. The highest BCUT2D eigenvalue weighted by Crippen LogP contribution is 2.36. The number of carboxylic acids is 1. The molecule has 0 amide bonds. The van der Waals surface area contributed by atoms with Crippen LogP contribution < -0.4 is 5.73 Å². The first-order valence-electron chi connectivity index (χ1n) is 4.87. The Morgan fingerprint density at radius 3 is 2.62 bits per heavy atom. The fraction of sp³-hybridized carbons (Fsp3) is 0.500. The number of aliphatic carboxylic acids is 1. The molecule has 0 bridgehead atoms. The summed E-state index contributed by atoms with van der Waals surface area (Å²) in [7, 11) is 0. The van der Waals surface area contributed by atoms with Crippen LogP contribution in [0.2, 0.25) is 0 Å². The van der Waals surface area contributed by atoms with Crippen LogP contribution in [0, 0.1) is 10.1 Å². The van der Waals surface area contributed by atoms with Crippen molar-refractivity contribution in [3.63, 3.8) is 0 Å². The topological polar surface area (TPSA) is 106 Å². The molecule has 0 saturated heterocycles. The van der Waals surface area contributed by atoms with Crippen molar-refractivity contribution < 1.29 is 14.8 Å². The average molecular weight is 226 g/mol. The van der Waals surface area contributed by atoms with Crippen LogP contribution in [-0.4, -0.2) is 28.1 Å². The van der Waals surface area contributed by atoms with Gasteiger partial charge in [-0.05, 0) is 24.1 Å². The summed E-state index contributed by atoms with van der Waals surface area (Å²) in [4.78, 5) is 20.7. The fourth-order valence-electron chi connectivity index (χ4n) is 1.80. The molecule has 88 valence electrons. The van der Waals surface area contributed by atoms with Gasteiger partial charge < -0.3 is 10.8 Å². The molecule has 1 aliphatic rings. The smallest absolute Gasteiger partial charge is 0.324 e. The van der Waals surface area contributed by atoms with E-state index in [1.165, 1.54) is 6.08 Å². The van der Waals surface area contributed by atoms with E-state index in [1.807, 2.05) is 0 Å². The fourth-order valence-corrected chi connectivity index (χ4v) is 1.80. The zero-order chi connectivity index (χ0) is 12.3. The minimum atomic E-state index is -1.32. The highest BCUT2D eigenvalue weighted by atomic mass is 16.6. The Bertz CT molecular complexity index is 386. The second-order valence-corrected chi connectivity index (χ2v) is 3.87. The van der Waals surface area contributed by atoms with Crippen LogP contribution in [0.25, 0.3) is 0 Å². The van der Waals surface area contributed by atoms with Gasteiger partial charge >= 0.3 is 5.97 Å². The Labute approximate surface area is 92.6 Å². The van der Waals surface area contributed by atoms with Crippen molar-refractivity contribution in [1.29, 1.82) is 0 Å². The van der Waals surface area contributed by atoms with Crippen LogP contribution in [0.1, 0.15) is 19.8 Å². The number of nitrogens with zero attached hydrogens (tertiary/aromatic N) is 1. The summed E-state index contributed by atoms with van der Waals surface area (Å²) in [5.74, 6) is -1.07. The number of carboxylic acid groups (broad SMARTS) is 1. The van der Waals surface area contributed by atoms with Gasteiger partial charge in [0, 0.05) is 17.8 Å². The van der Waals surface area contributed by atoms with E-state index < -0.39 is 16.4 Å². The number of hydrogen-bond donors (Lipinski definition) is 2. The van der Waals surface area contributed by atoms with Crippen molar-refractivity contribution in [3.05, 3.63) is 33.4 Å². The lowest BCUT2D eigenvalue weighted by molar-refractivity contribution is -0.468. The summed E-state index contributed by atoms with van der Waals surface area (Å²) >= 11 is 0. The first kappa shape index (κ1) is 12.4. The molecule has 0 heterocycles. The zero-order valence-corrected chi connectivity index (χ0v) is 8.97. The molecule has 6 nitrogen and oxygen atoms in total. The summed E-state index contributed by atoms with van der Waals surface area (Å²) < 4.78 is 0. The van der Waals surface area contributed by atoms with Crippen molar-refractivity contribution in [2.75, 3.05) is 6.54 Å². The Morgan fingerprint density at radius 1 is 1.62 bits per heavy atom. The van der Waals surface area contributed by atoms with E-state index in [4.69, 9.17) is 10.8 Å². The van der Waals surface area contributed by atoms with Crippen LogP contribution in [0.5, 0.6) is 0 Å². The Kier molecular flexibility index (Phi) is 3.44. The molecule has 0 radical (unpaired) electrons. The molecule has 1 rings (SSSR count). The molecule has 1 unspecified atom stereocenters. The third kappa shape index (κ3) is 2.46. The van der Waals surface area contributed by atoms with Gasteiger partial charge in [-0.2, -0.15) is 0 Å². The second-order valence-electron chi connectivity index (χ2n) is 3.87. The molecule has 0 spiro atoms. The van der Waals surface area contributed by atoms with E-state index in [1.54, 1.807) is 13.0 Å². The van der Waals surface area contributed by atoms with Crippen LogP contribution >= 0.6 is 0 Å². The maximum atomic E-state index is 11.0. The minimum Gasteiger partial charge on any atom is -0.480 e. The van der Waals surface area contributed by atoms with E-state index >= 15 is 0 Å². The predicted octanol–water partition coefficient (Wildman–Crippen LogP) is 0.712. The van der Waals surface area contributed by atoms with Crippen LogP contribution in [0.4, 0.5) is 0 Å². The third-order valence-electron chi connectivity index (χ3n) is 2.69. The van der Waals surface area contributed by atoms with Gasteiger partial charge in [-0.1, -0.05) is 6.08 Å². The van der Waals surface area contributed by atoms with Gasteiger partial charge in [0.15, 0.2) is 0 Å².